The van der Waals surface area contributed by atoms with E-state index in [-0.39, 0.29) is 5.91 Å². The Balaban J connectivity index is 1.80. The third-order valence-corrected chi connectivity index (χ3v) is 6.29. The molecule has 3 aromatic rings. The summed E-state index contributed by atoms with van der Waals surface area (Å²) in [5, 5.41) is 4.37. The minimum Gasteiger partial charge on any atom is -0.335 e. The number of carbonyl (C=O) groups is 1. The summed E-state index contributed by atoms with van der Waals surface area (Å²) in [5.74, 6) is 0.264. The molecule has 0 aromatic carbocycles. The van der Waals surface area contributed by atoms with E-state index < -0.39 is 12.2 Å². The number of halogens is 3. The summed E-state index contributed by atoms with van der Waals surface area (Å²) in [7, 11) is 0. The summed E-state index contributed by atoms with van der Waals surface area (Å²) in [4.78, 5) is 23.5. The number of anilines is 2. The molecule has 10 heteroatoms. The van der Waals surface area contributed by atoms with Crippen LogP contribution in [0.3, 0.4) is 0 Å². The van der Waals surface area contributed by atoms with Crippen molar-refractivity contribution < 1.29 is 18.0 Å². The van der Waals surface area contributed by atoms with Gasteiger partial charge in [-0.25, -0.2) is 9.97 Å². The van der Waals surface area contributed by atoms with Crippen LogP contribution >= 0.6 is 11.3 Å². The Morgan fingerprint density at radius 1 is 1.41 bits per heavy atom. The Morgan fingerprint density at radius 2 is 2.19 bits per heavy atom. The molecule has 0 radical (unpaired) electrons. The van der Waals surface area contributed by atoms with E-state index in [1.165, 1.54) is 28.2 Å². The van der Waals surface area contributed by atoms with Gasteiger partial charge in [-0.3, -0.25) is 4.79 Å². The second kappa shape index (κ2) is 8.42. The van der Waals surface area contributed by atoms with E-state index in [9.17, 15) is 18.0 Å². The fourth-order valence-corrected chi connectivity index (χ4v) is 4.37. The minimum absolute atomic E-state index is 0.155. The van der Waals surface area contributed by atoms with Gasteiger partial charge in [0.05, 0.1) is 11.2 Å². The molecule has 0 fully saturated rings. The summed E-state index contributed by atoms with van der Waals surface area (Å²) in [6, 6.07) is 1.60. The SMILES string of the molecule is C=CC(=O)N1CC=C(c2nc(Nc3ncc(C)s3)cc3c2ccn3C(C)C(F)(F)F)CC1. The number of pyridine rings is 1. The second-order valence-corrected chi connectivity index (χ2v) is 8.83. The van der Waals surface area contributed by atoms with Crippen molar-refractivity contribution in [3.8, 4) is 0 Å². The molecule has 1 N–H and O–H groups in total. The van der Waals surface area contributed by atoms with Crippen molar-refractivity contribution in [1.29, 1.82) is 0 Å². The summed E-state index contributed by atoms with van der Waals surface area (Å²) in [6.07, 6.45) is 2.49. The maximum Gasteiger partial charge on any atom is 0.408 e. The molecule has 0 spiro atoms. The third kappa shape index (κ3) is 4.27. The first-order valence-electron chi connectivity index (χ1n) is 10.1. The molecule has 168 valence electrons. The number of aryl methyl sites for hydroxylation is 1. The quantitative estimate of drug-likeness (QED) is 0.512. The number of nitrogens with one attached hydrogen (secondary N) is 1. The molecule has 0 bridgehead atoms. The molecule has 0 saturated carbocycles. The van der Waals surface area contributed by atoms with Crippen LogP contribution in [0.25, 0.3) is 16.5 Å². The van der Waals surface area contributed by atoms with Gasteiger partial charge in [0, 0.05) is 41.8 Å². The van der Waals surface area contributed by atoms with Crippen molar-refractivity contribution in [2.75, 3.05) is 18.4 Å². The fraction of sp³-hybridized carbons (Fsp3) is 0.318. The molecule has 32 heavy (non-hydrogen) atoms. The van der Waals surface area contributed by atoms with E-state index >= 15 is 0 Å². The van der Waals surface area contributed by atoms with Gasteiger partial charge in [0.1, 0.15) is 11.9 Å². The first-order chi connectivity index (χ1) is 15.2. The maximum atomic E-state index is 13.5. The van der Waals surface area contributed by atoms with E-state index in [2.05, 4.69) is 16.9 Å². The first-order valence-corrected chi connectivity index (χ1v) is 10.9. The number of fused-ring (bicyclic) bond motifs is 1. The van der Waals surface area contributed by atoms with Crippen LogP contribution in [-0.2, 0) is 4.79 Å². The molecule has 6 nitrogen and oxygen atoms in total. The van der Waals surface area contributed by atoms with Gasteiger partial charge in [-0.1, -0.05) is 12.7 Å². The van der Waals surface area contributed by atoms with Crippen LogP contribution in [0.2, 0.25) is 0 Å². The number of hydrogen-bond donors (Lipinski definition) is 1. The van der Waals surface area contributed by atoms with Crippen molar-refractivity contribution in [2.45, 2.75) is 32.5 Å². The van der Waals surface area contributed by atoms with Crippen LogP contribution in [0, 0.1) is 6.92 Å². The lowest BCUT2D eigenvalue weighted by molar-refractivity contribution is -0.162. The second-order valence-electron chi connectivity index (χ2n) is 7.60. The van der Waals surface area contributed by atoms with Gasteiger partial charge in [0.15, 0.2) is 5.13 Å². The zero-order chi connectivity index (χ0) is 23.0. The van der Waals surface area contributed by atoms with Gasteiger partial charge in [0.2, 0.25) is 5.91 Å². The molecule has 3 aromatic heterocycles. The molecule has 1 aliphatic heterocycles. The molecule has 4 rings (SSSR count). The van der Waals surface area contributed by atoms with E-state index in [0.717, 1.165) is 17.4 Å². The van der Waals surface area contributed by atoms with E-state index in [0.29, 0.717) is 47.1 Å². The maximum absolute atomic E-state index is 13.5. The average molecular weight is 462 g/mol. The topological polar surface area (TPSA) is 63.1 Å². The van der Waals surface area contributed by atoms with Crippen molar-refractivity contribution >= 4 is 44.7 Å². The lowest BCUT2D eigenvalue weighted by atomic mass is 10.0. The first kappa shape index (κ1) is 22.1. The molecular formula is C22H22F3N5OS. The number of nitrogens with zero attached hydrogens (tertiary/aromatic N) is 4. The predicted octanol–water partition coefficient (Wildman–Crippen LogP) is 5.47. The van der Waals surface area contributed by atoms with E-state index in [1.807, 2.05) is 13.0 Å². The van der Waals surface area contributed by atoms with Gasteiger partial charge < -0.3 is 14.8 Å². The molecule has 0 aliphatic carbocycles. The van der Waals surface area contributed by atoms with Crippen molar-refractivity contribution in [2.24, 2.45) is 0 Å². The van der Waals surface area contributed by atoms with Gasteiger partial charge in [0.25, 0.3) is 0 Å². The molecule has 1 amide bonds. The summed E-state index contributed by atoms with van der Waals surface area (Å²) < 4.78 is 41.7. The minimum atomic E-state index is -4.38. The van der Waals surface area contributed by atoms with Crippen LogP contribution < -0.4 is 5.32 Å². The predicted molar refractivity (Wildman–Crippen MR) is 120 cm³/mol. The van der Waals surface area contributed by atoms with Crippen LogP contribution in [0.15, 0.2) is 43.3 Å². The van der Waals surface area contributed by atoms with Crippen LogP contribution in [0.1, 0.15) is 30.0 Å². The Morgan fingerprint density at radius 3 is 2.78 bits per heavy atom. The van der Waals surface area contributed by atoms with Crippen LogP contribution in [0.4, 0.5) is 24.1 Å². The Hall–Kier alpha value is -3.14. The van der Waals surface area contributed by atoms with Crippen LogP contribution in [-0.4, -0.2) is 44.6 Å². The molecule has 1 aliphatic rings. The number of rotatable bonds is 5. The highest BCUT2D eigenvalue weighted by molar-refractivity contribution is 7.15. The van der Waals surface area contributed by atoms with E-state index in [1.54, 1.807) is 23.2 Å². The van der Waals surface area contributed by atoms with Gasteiger partial charge in [-0.15, -0.1) is 11.3 Å². The number of amides is 1. The Kier molecular flexibility index (Phi) is 5.81. The lowest BCUT2D eigenvalue weighted by Crippen LogP contribution is -2.33. The Labute approximate surface area is 187 Å². The van der Waals surface area contributed by atoms with Gasteiger partial charge in [-0.2, -0.15) is 13.2 Å². The normalized spacial score (nSPS) is 15.5. The Bertz CT molecular complexity index is 1210. The molecule has 4 heterocycles. The number of thiazole rings is 1. The number of aromatic nitrogens is 3. The molecule has 1 unspecified atom stereocenters. The van der Waals surface area contributed by atoms with Gasteiger partial charge in [-0.05, 0) is 38.0 Å². The highest BCUT2D eigenvalue weighted by atomic mass is 32.1. The molecule has 1 atom stereocenters. The fourth-order valence-electron chi connectivity index (χ4n) is 3.69. The highest BCUT2D eigenvalue weighted by Gasteiger charge is 2.38. The number of carbonyl (C=O) groups excluding carboxylic acids is 1. The summed E-state index contributed by atoms with van der Waals surface area (Å²) >= 11 is 1.44. The standard InChI is InChI=1S/C22H22F3N5OS/c1-4-19(31)29-8-5-15(6-9-29)20-16-7-10-30(14(3)22(23,24)25)17(16)11-18(27-20)28-21-26-12-13(2)32-21/h4-5,7,10-12,14H,1,6,8-9H2,2-3H3,(H,26,27,28). The highest BCUT2D eigenvalue weighted by Crippen LogP contribution is 2.37. The number of hydrogen-bond acceptors (Lipinski definition) is 5. The third-order valence-electron chi connectivity index (χ3n) is 5.46. The lowest BCUT2D eigenvalue weighted by Gasteiger charge is -2.25. The monoisotopic (exact) mass is 461 g/mol. The molecule has 0 saturated heterocycles. The summed E-state index contributed by atoms with van der Waals surface area (Å²) in [5.41, 5.74) is 1.93. The van der Waals surface area contributed by atoms with E-state index in [4.69, 9.17) is 4.98 Å². The van der Waals surface area contributed by atoms with Crippen molar-refractivity contribution in [3.63, 3.8) is 0 Å². The largest absolute Gasteiger partial charge is 0.408 e. The zero-order valence-electron chi connectivity index (χ0n) is 17.6. The van der Waals surface area contributed by atoms with Gasteiger partial charge >= 0.3 is 6.18 Å². The average Bonchev–Trinajstić information content (AvgIpc) is 3.37. The van der Waals surface area contributed by atoms with Crippen LogP contribution in [0.5, 0.6) is 0 Å². The summed E-state index contributed by atoms with van der Waals surface area (Å²) in [6.45, 7) is 7.45. The zero-order valence-corrected chi connectivity index (χ0v) is 18.4. The molecular weight excluding hydrogens is 439 g/mol. The van der Waals surface area contributed by atoms with Crippen molar-refractivity contribution in [3.05, 3.63) is 53.8 Å². The van der Waals surface area contributed by atoms with Crippen molar-refractivity contribution in [1.82, 2.24) is 19.4 Å². The number of alkyl halides is 3. The smallest absolute Gasteiger partial charge is 0.335 e.